The molecule has 0 saturated carbocycles. The molecule has 5 heteroatoms. The summed E-state index contributed by atoms with van der Waals surface area (Å²) in [5.74, 6) is -1.24. The smallest absolute Gasteiger partial charge is 0.262 e. The number of hydrogen-bond acceptors (Lipinski definition) is 4. The van der Waals surface area contributed by atoms with Crippen molar-refractivity contribution in [3.63, 3.8) is 0 Å². The van der Waals surface area contributed by atoms with Crippen molar-refractivity contribution >= 4 is 17.4 Å². The molecule has 0 saturated heterocycles. The second-order valence-corrected chi connectivity index (χ2v) is 4.82. The zero-order valence-electron chi connectivity index (χ0n) is 11.1. The summed E-state index contributed by atoms with van der Waals surface area (Å²) in [5, 5.41) is 19.3. The molecule has 2 N–H and O–H groups in total. The normalized spacial score (nSPS) is 13.9. The summed E-state index contributed by atoms with van der Waals surface area (Å²) in [6.07, 6.45) is 0.238. The molecule has 0 fully saturated rings. The summed E-state index contributed by atoms with van der Waals surface area (Å²) in [6, 6.07) is 11.1. The summed E-state index contributed by atoms with van der Waals surface area (Å²) in [5.41, 5.74) is 1.04. The summed E-state index contributed by atoms with van der Waals surface area (Å²) in [6.45, 7) is 0.254. The molecular weight excluding hydrogens is 270 g/mol. The molecule has 0 aliphatic carbocycles. The number of amides is 1. The Morgan fingerprint density at radius 1 is 1.05 bits per heavy atom. The van der Waals surface area contributed by atoms with Crippen LogP contribution >= 0.6 is 0 Å². The van der Waals surface area contributed by atoms with Gasteiger partial charge in [0.05, 0.1) is 11.3 Å². The maximum Gasteiger partial charge on any atom is 0.262 e. The van der Waals surface area contributed by atoms with E-state index < -0.39 is 11.7 Å². The van der Waals surface area contributed by atoms with Gasteiger partial charge in [-0.1, -0.05) is 18.2 Å². The van der Waals surface area contributed by atoms with Crippen LogP contribution in [0.2, 0.25) is 0 Å². The van der Waals surface area contributed by atoms with Gasteiger partial charge in [-0.15, -0.1) is 0 Å². The fourth-order valence-corrected chi connectivity index (χ4v) is 2.47. The summed E-state index contributed by atoms with van der Waals surface area (Å²) < 4.78 is 0. The van der Waals surface area contributed by atoms with Gasteiger partial charge in [0.25, 0.3) is 5.91 Å². The van der Waals surface area contributed by atoms with Crippen LogP contribution in [0.4, 0.5) is 5.69 Å². The van der Waals surface area contributed by atoms with Crippen molar-refractivity contribution in [2.75, 3.05) is 11.4 Å². The largest absolute Gasteiger partial charge is 0.504 e. The van der Waals surface area contributed by atoms with E-state index in [9.17, 15) is 19.8 Å². The van der Waals surface area contributed by atoms with E-state index >= 15 is 0 Å². The SMILES string of the molecule is O=C1CCN(C(=O)c2cccc(O)c2O)c2ccccc21. The van der Waals surface area contributed by atoms with Gasteiger partial charge in [-0.25, -0.2) is 0 Å². The Morgan fingerprint density at radius 3 is 2.62 bits per heavy atom. The van der Waals surface area contributed by atoms with Gasteiger partial charge in [0.1, 0.15) is 0 Å². The third-order valence-electron chi connectivity index (χ3n) is 3.55. The fraction of sp³-hybridized carbons (Fsp3) is 0.125. The first kappa shape index (κ1) is 13.2. The van der Waals surface area contributed by atoms with Crippen molar-refractivity contribution in [3.8, 4) is 11.5 Å². The van der Waals surface area contributed by atoms with E-state index in [2.05, 4.69) is 0 Å². The topological polar surface area (TPSA) is 77.8 Å². The van der Waals surface area contributed by atoms with Crippen LogP contribution in [-0.4, -0.2) is 28.4 Å². The zero-order valence-corrected chi connectivity index (χ0v) is 11.1. The highest BCUT2D eigenvalue weighted by Gasteiger charge is 2.29. The molecule has 0 aromatic heterocycles. The number of benzene rings is 2. The van der Waals surface area contributed by atoms with E-state index in [4.69, 9.17) is 0 Å². The molecule has 21 heavy (non-hydrogen) atoms. The van der Waals surface area contributed by atoms with Gasteiger partial charge in [0.2, 0.25) is 0 Å². The van der Waals surface area contributed by atoms with Crippen molar-refractivity contribution in [1.29, 1.82) is 0 Å². The minimum Gasteiger partial charge on any atom is -0.504 e. The molecule has 0 bridgehead atoms. The number of aromatic hydroxyl groups is 2. The number of phenolic OH excluding ortho intramolecular Hbond substituents is 2. The average Bonchev–Trinajstić information content (AvgIpc) is 2.50. The van der Waals surface area contributed by atoms with E-state index in [1.807, 2.05) is 0 Å². The first-order valence-electron chi connectivity index (χ1n) is 6.54. The van der Waals surface area contributed by atoms with Crippen LogP contribution in [0.1, 0.15) is 27.1 Å². The van der Waals surface area contributed by atoms with Gasteiger partial charge >= 0.3 is 0 Å². The number of Topliss-reactive ketones (excluding diaryl/α,β-unsaturated/α-hetero) is 1. The van der Waals surface area contributed by atoms with Crippen LogP contribution in [0.5, 0.6) is 11.5 Å². The lowest BCUT2D eigenvalue weighted by Crippen LogP contribution is -2.37. The lowest BCUT2D eigenvalue weighted by molar-refractivity contribution is 0.0953. The summed E-state index contributed by atoms with van der Waals surface area (Å²) in [7, 11) is 0. The highest BCUT2D eigenvalue weighted by Crippen LogP contribution is 2.33. The maximum absolute atomic E-state index is 12.6. The van der Waals surface area contributed by atoms with Crippen LogP contribution in [0.3, 0.4) is 0 Å². The molecule has 3 rings (SSSR count). The molecule has 0 atom stereocenters. The van der Waals surface area contributed by atoms with Gasteiger partial charge in [0.15, 0.2) is 17.3 Å². The quantitative estimate of drug-likeness (QED) is 0.787. The molecule has 0 spiro atoms. The van der Waals surface area contributed by atoms with E-state index in [1.54, 1.807) is 24.3 Å². The molecule has 106 valence electrons. The molecule has 0 unspecified atom stereocenters. The van der Waals surface area contributed by atoms with E-state index in [1.165, 1.54) is 23.1 Å². The Balaban J connectivity index is 2.05. The number of rotatable bonds is 1. The Bertz CT molecular complexity index is 739. The van der Waals surface area contributed by atoms with Crippen molar-refractivity contribution in [1.82, 2.24) is 0 Å². The van der Waals surface area contributed by atoms with E-state index in [0.29, 0.717) is 11.3 Å². The lowest BCUT2D eigenvalue weighted by atomic mass is 9.99. The molecule has 1 aliphatic heterocycles. The number of carbonyl (C=O) groups excluding carboxylic acids is 2. The number of nitrogens with zero attached hydrogens (tertiary/aromatic N) is 1. The van der Waals surface area contributed by atoms with Gasteiger partial charge in [-0.05, 0) is 24.3 Å². The van der Waals surface area contributed by atoms with Crippen LogP contribution in [-0.2, 0) is 0 Å². The molecular formula is C16H13NO4. The van der Waals surface area contributed by atoms with Gasteiger partial charge in [-0.2, -0.15) is 0 Å². The van der Waals surface area contributed by atoms with Crippen molar-refractivity contribution < 1.29 is 19.8 Å². The molecule has 0 radical (unpaired) electrons. The maximum atomic E-state index is 12.6. The third kappa shape index (κ3) is 2.12. The number of phenols is 2. The van der Waals surface area contributed by atoms with E-state index in [0.717, 1.165) is 0 Å². The number of para-hydroxylation sites is 2. The predicted molar refractivity (Wildman–Crippen MR) is 76.8 cm³/mol. The minimum absolute atomic E-state index is 0.00483. The fourth-order valence-electron chi connectivity index (χ4n) is 2.47. The molecule has 2 aromatic carbocycles. The number of anilines is 1. The van der Waals surface area contributed by atoms with Gasteiger partial charge < -0.3 is 15.1 Å². The van der Waals surface area contributed by atoms with Crippen LogP contribution in [0.25, 0.3) is 0 Å². The molecule has 5 nitrogen and oxygen atoms in total. The van der Waals surface area contributed by atoms with Gasteiger partial charge in [-0.3, -0.25) is 9.59 Å². The van der Waals surface area contributed by atoms with Crippen molar-refractivity contribution in [3.05, 3.63) is 53.6 Å². The Labute approximate surface area is 121 Å². The van der Waals surface area contributed by atoms with Crippen molar-refractivity contribution in [2.45, 2.75) is 6.42 Å². The lowest BCUT2D eigenvalue weighted by Gasteiger charge is -2.28. The van der Waals surface area contributed by atoms with Crippen molar-refractivity contribution in [2.24, 2.45) is 0 Å². The molecule has 1 amide bonds. The molecule has 2 aromatic rings. The monoisotopic (exact) mass is 283 g/mol. The molecule has 1 aliphatic rings. The number of fused-ring (bicyclic) bond motifs is 1. The van der Waals surface area contributed by atoms with Crippen LogP contribution in [0, 0.1) is 0 Å². The summed E-state index contributed by atoms with van der Waals surface area (Å²) in [4.78, 5) is 25.9. The number of ketones is 1. The Kier molecular flexibility index (Phi) is 3.10. The zero-order chi connectivity index (χ0) is 15.0. The Hall–Kier alpha value is -2.82. The molecule has 1 heterocycles. The highest BCUT2D eigenvalue weighted by molar-refractivity contribution is 6.14. The number of carbonyl (C=O) groups is 2. The first-order valence-corrected chi connectivity index (χ1v) is 6.54. The third-order valence-corrected chi connectivity index (χ3v) is 3.55. The second kappa shape index (κ2) is 4.94. The predicted octanol–water partition coefficient (Wildman–Crippen LogP) is 2.33. The second-order valence-electron chi connectivity index (χ2n) is 4.82. The van der Waals surface area contributed by atoms with Gasteiger partial charge in [0, 0.05) is 18.5 Å². The van der Waals surface area contributed by atoms with E-state index in [-0.39, 0.29) is 30.1 Å². The van der Waals surface area contributed by atoms with Crippen LogP contribution < -0.4 is 4.90 Å². The first-order chi connectivity index (χ1) is 10.1. The summed E-state index contributed by atoms with van der Waals surface area (Å²) >= 11 is 0. The number of hydrogen-bond donors (Lipinski definition) is 2. The van der Waals surface area contributed by atoms with Crippen LogP contribution in [0.15, 0.2) is 42.5 Å². The highest BCUT2D eigenvalue weighted by atomic mass is 16.3. The Morgan fingerprint density at radius 2 is 1.81 bits per heavy atom. The average molecular weight is 283 g/mol. The standard InChI is InChI=1S/C16H13NO4/c18-13-8-9-17(12-6-2-1-4-10(12)13)16(21)11-5-3-7-14(19)15(11)20/h1-7,19-20H,8-9H2. The minimum atomic E-state index is -0.447.